The van der Waals surface area contributed by atoms with Gasteiger partial charge in [0.05, 0.1) is 18.7 Å². The molecule has 1 aliphatic rings. The second-order valence-corrected chi connectivity index (χ2v) is 9.91. The minimum atomic E-state index is -4.27. The molecular weight excluding hydrogens is 531 g/mol. The first-order valence-corrected chi connectivity index (χ1v) is 13.2. The van der Waals surface area contributed by atoms with Crippen LogP contribution in [0.2, 0.25) is 5.15 Å². The summed E-state index contributed by atoms with van der Waals surface area (Å²) < 4.78 is 62.7. The lowest BCUT2D eigenvalue weighted by Gasteiger charge is -2.26. The van der Waals surface area contributed by atoms with Crippen molar-refractivity contribution in [3.05, 3.63) is 40.4 Å². The highest BCUT2D eigenvalue weighted by atomic mass is 35.5. The van der Waals surface area contributed by atoms with E-state index < -0.39 is 23.7 Å². The minimum Gasteiger partial charge on any atom is -0.495 e. The van der Waals surface area contributed by atoms with Crippen LogP contribution in [-0.4, -0.2) is 43.7 Å². The molecule has 12 heteroatoms. The van der Waals surface area contributed by atoms with Gasteiger partial charge in [-0.1, -0.05) is 51.3 Å². The van der Waals surface area contributed by atoms with Crippen molar-refractivity contribution in [1.82, 2.24) is 14.9 Å². The maximum Gasteiger partial charge on any atom is 0.391 e. The summed E-state index contributed by atoms with van der Waals surface area (Å²) in [5.74, 6) is 0.321. The van der Waals surface area contributed by atoms with E-state index in [1.165, 1.54) is 20.0 Å². The maximum atomic E-state index is 13.0. The van der Waals surface area contributed by atoms with Gasteiger partial charge in [-0.05, 0) is 48.8 Å². The number of methoxy groups -OCH3 is 1. The zero-order valence-electron chi connectivity index (χ0n) is 21.4. The first-order chi connectivity index (χ1) is 17.5. The van der Waals surface area contributed by atoms with Gasteiger partial charge in [0, 0.05) is 13.0 Å². The van der Waals surface area contributed by atoms with Crippen molar-refractivity contribution in [3.8, 4) is 11.4 Å². The van der Waals surface area contributed by atoms with Gasteiger partial charge >= 0.3 is 17.7 Å². The van der Waals surface area contributed by atoms with Crippen molar-refractivity contribution >= 4 is 29.1 Å². The molecule has 37 heavy (non-hydrogen) atoms. The van der Waals surface area contributed by atoms with Crippen LogP contribution in [0, 0.1) is 17.8 Å². The van der Waals surface area contributed by atoms with Crippen LogP contribution in [0.1, 0.15) is 68.3 Å². The molecule has 1 amide bonds. The zero-order chi connectivity index (χ0) is 27.8. The van der Waals surface area contributed by atoms with Crippen LogP contribution in [0.15, 0.2) is 18.2 Å². The number of carbonyl (C=O) groups excluding carboxylic acids is 1. The van der Waals surface area contributed by atoms with Crippen LogP contribution < -0.4 is 10.1 Å². The number of benzene rings is 1. The van der Waals surface area contributed by atoms with Crippen molar-refractivity contribution in [1.29, 1.82) is 0 Å². The van der Waals surface area contributed by atoms with E-state index in [4.69, 9.17) is 24.8 Å². The van der Waals surface area contributed by atoms with E-state index >= 15 is 0 Å². The molecule has 1 fully saturated rings. The number of nitrogens with zero attached hydrogens (tertiary/aromatic N) is 2. The van der Waals surface area contributed by atoms with Crippen LogP contribution in [0.25, 0.3) is 5.69 Å². The first-order valence-electron chi connectivity index (χ1n) is 12.2. The molecule has 0 saturated heterocycles. The highest BCUT2D eigenvalue weighted by molar-refractivity contribution is 7.51. The third-order valence-corrected chi connectivity index (χ3v) is 7.04. The number of imidazole rings is 1. The predicted molar refractivity (Wildman–Crippen MR) is 136 cm³/mol. The van der Waals surface area contributed by atoms with Gasteiger partial charge in [-0.25, -0.2) is 4.98 Å². The van der Waals surface area contributed by atoms with Crippen molar-refractivity contribution in [2.45, 2.75) is 65.5 Å². The molecule has 1 heterocycles. The Bertz CT molecular complexity index is 1100. The van der Waals surface area contributed by atoms with E-state index in [2.05, 4.69) is 17.2 Å². The second kappa shape index (κ2) is 13.9. The number of hydrogen-bond acceptors (Lipinski definition) is 5. The molecule has 1 aromatic carbocycles. The number of rotatable bonds is 8. The fraction of sp³-hybridized carbons (Fsp3) is 0.600. The lowest BCUT2D eigenvalue weighted by atomic mass is 9.83. The van der Waals surface area contributed by atoms with Crippen LogP contribution in [0.3, 0.4) is 0 Å². The third kappa shape index (κ3) is 8.29. The lowest BCUT2D eigenvalue weighted by molar-refractivity contribution is -0.169. The standard InChI is InChI=1S/C25H33ClF3N3O2.O2S/c1-5-21-31-22(24(33)30-14-17-8-6-15(2)7-9-17)23(26)32(21)19-11-10-18(13-20(19)34-4)12-16(3)25(27,28)29;1-3-2/h10-11,13,15-17H,5-9,12,14H2,1-4H3,(H,30,33);. The number of nitrogens with one attached hydrogen (secondary N) is 1. The van der Waals surface area contributed by atoms with Crippen LogP contribution in [-0.2, 0) is 24.4 Å². The van der Waals surface area contributed by atoms with E-state index in [0.29, 0.717) is 41.7 Å². The van der Waals surface area contributed by atoms with E-state index in [0.717, 1.165) is 25.7 Å². The molecule has 1 aromatic heterocycles. The van der Waals surface area contributed by atoms with Crippen molar-refractivity contribution in [2.75, 3.05) is 13.7 Å². The number of hydrogen-bond donors (Lipinski definition) is 1. The van der Waals surface area contributed by atoms with Crippen molar-refractivity contribution < 1.29 is 31.1 Å². The SMILES string of the molecule is CCc1nc(C(=O)NCC2CCC(C)CC2)c(Cl)n1-c1ccc(CC(C)C(F)(F)F)cc1OC.O=S=O. The summed E-state index contributed by atoms with van der Waals surface area (Å²) in [4.78, 5) is 17.4. The number of carbonyl (C=O) groups is 1. The van der Waals surface area contributed by atoms with Gasteiger partial charge in [0.2, 0.25) is 0 Å². The fourth-order valence-corrected chi connectivity index (χ4v) is 4.74. The van der Waals surface area contributed by atoms with Gasteiger partial charge in [-0.3, -0.25) is 9.36 Å². The summed E-state index contributed by atoms with van der Waals surface area (Å²) in [5, 5.41) is 3.13. The third-order valence-electron chi connectivity index (χ3n) is 6.69. The van der Waals surface area contributed by atoms with Gasteiger partial charge in [-0.2, -0.15) is 21.6 Å². The van der Waals surface area contributed by atoms with Gasteiger partial charge in [-0.15, -0.1) is 0 Å². The van der Waals surface area contributed by atoms with Crippen LogP contribution >= 0.6 is 11.6 Å². The molecule has 1 saturated carbocycles. The number of aryl methyl sites for hydroxylation is 1. The van der Waals surface area contributed by atoms with Crippen LogP contribution in [0.4, 0.5) is 13.2 Å². The Kier molecular flexibility index (Phi) is 11.6. The molecule has 206 valence electrons. The summed E-state index contributed by atoms with van der Waals surface area (Å²) in [6.45, 7) is 5.89. The number of amides is 1. The summed E-state index contributed by atoms with van der Waals surface area (Å²) >= 11 is 5.88. The molecule has 3 rings (SSSR count). The average Bonchev–Trinajstić information content (AvgIpc) is 3.19. The van der Waals surface area contributed by atoms with Gasteiger partial charge in [0.25, 0.3) is 5.91 Å². The fourth-order valence-electron chi connectivity index (χ4n) is 4.43. The maximum absolute atomic E-state index is 13.0. The van der Waals surface area contributed by atoms with Gasteiger partial charge in [0.1, 0.15) is 16.7 Å². The zero-order valence-corrected chi connectivity index (χ0v) is 22.9. The smallest absolute Gasteiger partial charge is 0.391 e. The van der Waals surface area contributed by atoms with E-state index in [1.807, 2.05) is 6.92 Å². The Balaban J connectivity index is 0.00000153. The van der Waals surface area contributed by atoms with E-state index in [9.17, 15) is 18.0 Å². The lowest BCUT2D eigenvalue weighted by Crippen LogP contribution is -2.31. The number of aromatic nitrogens is 2. The molecule has 0 aliphatic heterocycles. The molecule has 0 bridgehead atoms. The quantitative estimate of drug-likeness (QED) is 0.443. The molecule has 2 aromatic rings. The normalized spacial score (nSPS) is 18.4. The van der Waals surface area contributed by atoms with Gasteiger partial charge in [0.15, 0.2) is 5.69 Å². The first kappa shape index (κ1) is 30.8. The number of halogens is 4. The molecule has 1 atom stereocenters. The molecule has 1 aliphatic carbocycles. The van der Waals surface area contributed by atoms with Crippen molar-refractivity contribution in [3.63, 3.8) is 0 Å². The second-order valence-electron chi connectivity index (χ2n) is 9.41. The predicted octanol–water partition coefficient (Wildman–Crippen LogP) is 5.72. The van der Waals surface area contributed by atoms with E-state index in [1.54, 1.807) is 22.8 Å². The Labute approximate surface area is 223 Å². The highest BCUT2D eigenvalue weighted by Crippen LogP contribution is 2.34. The Morgan fingerprint density at radius 3 is 2.43 bits per heavy atom. The Hall–Kier alpha value is -2.40. The Morgan fingerprint density at radius 2 is 1.89 bits per heavy atom. The largest absolute Gasteiger partial charge is 0.495 e. The summed E-state index contributed by atoms with van der Waals surface area (Å²) in [5.41, 5.74) is 1.17. The summed E-state index contributed by atoms with van der Waals surface area (Å²) in [6, 6.07) is 4.87. The highest BCUT2D eigenvalue weighted by Gasteiger charge is 2.36. The summed E-state index contributed by atoms with van der Waals surface area (Å²) in [7, 11) is 1.45. The summed E-state index contributed by atoms with van der Waals surface area (Å²) in [6.07, 6.45) is 0.615. The number of alkyl halides is 3. The molecule has 7 nitrogen and oxygen atoms in total. The topological polar surface area (TPSA) is 90.3 Å². The van der Waals surface area contributed by atoms with Crippen molar-refractivity contribution in [2.24, 2.45) is 17.8 Å². The molecular formula is C25H33ClF3N3O4S. The average molecular weight is 564 g/mol. The monoisotopic (exact) mass is 563 g/mol. The molecule has 0 radical (unpaired) electrons. The Morgan fingerprint density at radius 1 is 1.27 bits per heavy atom. The number of ether oxygens (including phenoxy) is 1. The minimum absolute atomic E-state index is 0.138. The molecule has 1 unspecified atom stereocenters. The molecule has 1 N–H and O–H groups in total. The van der Waals surface area contributed by atoms with Gasteiger partial charge < -0.3 is 10.1 Å². The van der Waals surface area contributed by atoms with Crippen LogP contribution in [0.5, 0.6) is 5.75 Å². The van der Waals surface area contributed by atoms with E-state index in [-0.39, 0.29) is 23.2 Å². The molecule has 0 spiro atoms.